The van der Waals surface area contributed by atoms with Gasteiger partial charge in [0, 0.05) is 5.75 Å². The Kier molecular flexibility index (Phi) is 4.22. The van der Waals surface area contributed by atoms with Crippen LogP contribution in [0.5, 0.6) is 0 Å². The number of hydrogen-bond acceptors (Lipinski definition) is 4. The predicted octanol–water partition coefficient (Wildman–Crippen LogP) is 3.41. The molecule has 1 aromatic heterocycles. The molecule has 0 radical (unpaired) electrons. The van der Waals surface area contributed by atoms with Crippen LogP contribution in [0.4, 0.5) is 0 Å². The molecule has 0 fully saturated rings. The Morgan fingerprint density at radius 3 is 2.87 bits per heavy atom. The molecule has 0 saturated carbocycles. The first kappa shape index (κ1) is 12.1. The van der Waals surface area contributed by atoms with Crippen molar-refractivity contribution < 1.29 is 4.42 Å². The summed E-state index contributed by atoms with van der Waals surface area (Å²) in [6.45, 7) is 5.84. The highest BCUT2D eigenvalue weighted by atomic mass is 32.2. The number of oxazole rings is 1. The highest BCUT2D eigenvalue weighted by Gasteiger charge is 2.15. The van der Waals surface area contributed by atoms with E-state index in [4.69, 9.17) is 9.68 Å². The van der Waals surface area contributed by atoms with E-state index < -0.39 is 0 Å². The van der Waals surface area contributed by atoms with E-state index >= 15 is 0 Å². The number of thioether (sulfide) groups is 1. The molecule has 1 rings (SSSR count). The van der Waals surface area contributed by atoms with Crippen LogP contribution >= 0.6 is 11.8 Å². The molecule has 0 amide bonds. The van der Waals surface area contributed by atoms with Gasteiger partial charge in [0.05, 0.1) is 17.2 Å². The zero-order valence-electron chi connectivity index (χ0n) is 9.41. The Morgan fingerprint density at radius 1 is 1.60 bits per heavy atom. The molecule has 0 saturated heterocycles. The average molecular weight is 224 g/mol. The third-order valence-corrected chi connectivity index (χ3v) is 3.00. The van der Waals surface area contributed by atoms with Crippen LogP contribution in [0.3, 0.4) is 0 Å². The van der Waals surface area contributed by atoms with E-state index in [1.54, 1.807) is 18.0 Å². The summed E-state index contributed by atoms with van der Waals surface area (Å²) in [4.78, 5) is 4.20. The van der Waals surface area contributed by atoms with Crippen molar-refractivity contribution in [1.29, 1.82) is 5.26 Å². The minimum atomic E-state index is -0.215. The number of nitrogens with zero attached hydrogens (tertiary/aromatic N) is 2. The summed E-state index contributed by atoms with van der Waals surface area (Å²) in [5.41, 5.74) is 0.697. The second-order valence-electron chi connectivity index (χ2n) is 4.20. The molecule has 0 atom stereocenters. The van der Waals surface area contributed by atoms with Gasteiger partial charge in [0.15, 0.2) is 0 Å². The van der Waals surface area contributed by atoms with Crippen molar-refractivity contribution in [2.24, 2.45) is 5.41 Å². The predicted molar refractivity (Wildman–Crippen MR) is 60.6 cm³/mol. The zero-order valence-corrected chi connectivity index (χ0v) is 10.2. The summed E-state index contributed by atoms with van der Waals surface area (Å²) in [6.07, 6.45) is 3.57. The fraction of sp³-hybridized carbons (Fsp3) is 0.636. The molecule has 0 spiro atoms. The molecule has 0 aliphatic heterocycles. The SMILES string of the molecule is Cc1coc(SCCCC(C)(C)C#N)n1. The van der Waals surface area contributed by atoms with Crippen LogP contribution in [0, 0.1) is 23.7 Å². The first-order valence-electron chi connectivity index (χ1n) is 5.00. The van der Waals surface area contributed by atoms with Crippen molar-refractivity contribution in [3.63, 3.8) is 0 Å². The van der Waals surface area contributed by atoms with Gasteiger partial charge in [0.2, 0.25) is 0 Å². The molecular weight excluding hydrogens is 208 g/mol. The summed E-state index contributed by atoms with van der Waals surface area (Å²) >= 11 is 1.61. The fourth-order valence-electron chi connectivity index (χ4n) is 1.13. The van der Waals surface area contributed by atoms with E-state index in [2.05, 4.69) is 11.1 Å². The van der Waals surface area contributed by atoms with E-state index in [9.17, 15) is 0 Å². The molecule has 0 unspecified atom stereocenters. The molecule has 1 aromatic rings. The number of rotatable bonds is 5. The zero-order chi connectivity index (χ0) is 11.3. The summed E-state index contributed by atoms with van der Waals surface area (Å²) in [7, 11) is 0. The molecule has 1 heterocycles. The smallest absolute Gasteiger partial charge is 0.255 e. The number of hydrogen-bond donors (Lipinski definition) is 0. The van der Waals surface area contributed by atoms with E-state index in [1.165, 1.54) is 0 Å². The lowest BCUT2D eigenvalue weighted by Crippen LogP contribution is -2.07. The minimum absolute atomic E-state index is 0.215. The Balaban J connectivity index is 2.21. The van der Waals surface area contributed by atoms with Crippen molar-refractivity contribution >= 4 is 11.8 Å². The van der Waals surface area contributed by atoms with Gasteiger partial charge in [0.25, 0.3) is 5.22 Å². The van der Waals surface area contributed by atoms with Crippen LogP contribution in [0.25, 0.3) is 0 Å². The Morgan fingerprint density at radius 2 is 2.33 bits per heavy atom. The van der Waals surface area contributed by atoms with Gasteiger partial charge in [-0.1, -0.05) is 11.8 Å². The highest BCUT2D eigenvalue weighted by molar-refractivity contribution is 7.99. The molecule has 4 heteroatoms. The second-order valence-corrected chi connectivity index (χ2v) is 5.25. The third-order valence-electron chi connectivity index (χ3n) is 2.07. The van der Waals surface area contributed by atoms with Crippen molar-refractivity contribution in [1.82, 2.24) is 4.98 Å². The molecule has 0 aliphatic rings. The number of nitriles is 1. The van der Waals surface area contributed by atoms with E-state index in [1.807, 2.05) is 20.8 Å². The Labute approximate surface area is 94.9 Å². The topological polar surface area (TPSA) is 49.8 Å². The number of aryl methyl sites for hydroxylation is 1. The van der Waals surface area contributed by atoms with Gasteiger partial charge >= 0.3 is 0 Å². The van der Waals surface area contributed by atoms with Crippen molar-refractivity contribution in [2.75, 3.05) is 5.75 Å². The van der Waals surface area contributed by atoms with Gasteiger partial charge in [-0.3, -0.25) is 0 Å². The molecule has 15 heavy (non-hydrogen) atoms. The van der Waals surface area contributed by atoms with Crippen LogP contribution in [-0.2, 0) is 0 Å². The standard InChI is InChI=1S/C11H16N2OS/c1-9-7-14-10(13-9)15-6-4-5-11(2,3)8-12/h7H,4-6H2,1-3H3. The Bertz CT molecular complexity index is 352. The van der Waals surface area contributed by atoms with Gasteiger partial charge in [-0.25, -0.2) is 4.98 Å². The molecular formula is C11H16N2OS. The van der Waals surface area contributed by atoms with Crippen molar-refractivity contribution in [2.45, 2.75) is 38.8 Å². The lowest BCUT2D eigenvalue weighted by Gasteiger charge is -2.13. The molecule has 0 aromatic carbocycles. The van der Waals surface area contributed by atoms with Crippen LogP contribution < -0.4 is 0 Å². The van der Waals surface area contributed by atoms with Gasteiger partial charge in [0.1, 0.15) is 6.26 Å². The first-order chi connectivity index (χ1) is 7.03. The van der Waals surface area contributed by atoms with Crippen LogP contribution in [0.1, 0.15) is 32.4 Å². The molecule has 3 nitrogen and oxygen atoms in total. The van der Waals surface area contributed by atoms with Crippen LogP contribution in [0.2, 0.25) is 0 Å². The summed E-state index contributed by atoms with van der Waals surface area (Å²) in [5, 5.41) is 9.55. The fourth-order valence-corrected chi connectivity index (χ4v) is 1.92. The average Bonchev–Trinajstić information content (AvgIpc) is 2.59. The number of aromatic nitrogens is 1. The minimum Gasteiger partial charge on any atom is -0.440 e. The van der Waals surface area contributed by atoms with Crippen LogP contribution in [-0.4, -0.2) is 10.7 Å². The molecule has 0 aliphatic carbocycles. The maximum Gasteiger partial charge on any atom is 0.255 e. The molecule has 0 N–H and O–H groups in total. The summed E-state index contributed by atoms with van der Waals surface area (Å²) in [6, 6.07) is 2.30. The maximum absolute atomic E-state index is 8.83. The van der Waals surface area contributed by atoms with Gasteiger partial charge < -0.3 is 4.42 Å². The van der Waals surface area contributed by atoms with Gasteiger partial charge in [-0.2, -0.15) is 5.26 Å². The van der Waals surface area contributed by atoms with Crippen LogP contribution in [0.15, 0.2) is 15.9 Å². The van der Waals surface area contributed by atoms with E-state index in [0.717, 1.165) is 29.5 Å². The summed E-state index contributed by atoms with van der Waals surface area (Å²) in [5.74, 6) is 0.949. The van der Waals surface area contributed by atoms with Crippen molar-refractivity contribution in [3.8, 4) is 6.07 Å². The lowest BCUT2D eigenvalue weighted by atomic mass is 9.90. The molecule has 0 bridgehead atoms. The first-order valence-corrected chi connectivity index (χ1v) is 5.98. The second kappa shape index (κ2) is 5.22. The van der Waals surface area contributed by atoms with E-state index in [0.29, 0.717) is 0 Å². The summed E-state index contributed by atoms with van der Waals surface area (Å²) < 4.78 is 5.21. The Hall–Kier alpha value is -0.950. The van der Waals surface area contributed by atoms with Gasteiger partial charge in [-0.15, -0.1) is 0 Å². The van der Waals surface area contributed by atoms with E-state index in [-0.39, 0.29) is 5.41 Å². The van der Waals surface area contributed by atoms with Gasteiger partial charge in [-0.05, 0) is 33.6 Å². The quantitative estimate of drug-likeness (QED) is 0.568. The largest absolute Gasteiger partial charge is 0.440 e. The lowest BCUT2D eigenvalue weighted by molar-refractivity contribution is 0.442. The highest BCUT2D eigenvalue weighted by Crippen LogP contribution is 2.24. The normalized spacial score (nSPS) is 11.3. The third kappa shape index (κ3) is 4.39. The molecule has 82 valence electrons. The maximum atomic E-state index is 8.83. The monoisotopic (exact) mass is 224 g/mol. The van der Waals surface area contributed by atoms with Crippen molar-refractivity contribution in [3.05, 3.63) is 12.0 Å².